The van der Waals surface area contributed by atoms with Crippen molar-refractivity contribution in [2.75, 3.05) is 13.1 Å². The van der Waals surface area contributed by atoms with Crippen molar-refractivity contribution in [1.29, 1.82) is 0 Å². The Morgan fingerprint density at radius 1 is 0.816 bits per heavy atom. The highest BCUT2D eigenvalue weighted by atomic mass is 35.5. The van der Waals surface area contributed by atoms with Gasteiger partial charge in [-0.2, -0.15) is 0 Å². The summed E-state index contributed by atoms with van der Waals surface area (Å²) >= 11 is 24.5. The van der Waals surface area contributed by atoms with Crippen molar-refractivity contribution in [2.24, 2.45) is 0 Å². The van der Waals surface area contributed by atoms with Crippen molar-refractivity contribution in [1.82, 2.24) is 10.2 Å². The molecule has 1 aliphatic rings. The van der Waals surface area contributed by atoms with E-state index in [2.05, 4.69) is 5.32 Å². The minimum Gasteiger partial charge on any atom is -0.347 e. The molecule has 2 amide bonds. The van der Waals surface area contributed by atoms with Crippen molar-refractivity contribution in [3.8, 4) is 0 Å². The summed E-state index contributed by atoms with van der Waals surface area (Å²) in [5.74, 6) is -0.525. The summed E-state index contributed by atoms with van der Waals surface area (Å²) in [7, 11) is 0. The molecule has 194 valence electrons. The van der Waals surface area contributed by atoms with E-state index < -0.39 is 6.04 Å². The number of rotatable bonds is 7. The van der Waals surface area contributed by atoms with E-state index in [1.165, 1.54) is 0 Å². The van der Waals surface area contributed by atoms with Gasteiger partial charge in [0.1, 0.15) is 6.04 Å². The molecule has 1 unspecified atom stereocenters. The number of likely N-dealkylation sites (tertiary alicyclic amines) is 1. The summed E-state index contributed by atoms with van der Waals surface area (Å²) in [5.41, 5.74) is 3.00. The van der Waals surface area contributed by atoms with E-state index >= 15 is 0 Å². The number of carbonyl (C=O) groups excluding carboxylic acids is 3. The highest BCUT2D eigenvalue weighted by Gasteiger charge is 2.32. The van der Waals surface area contributed by atoms with Gasteiger partial charge in [0, 0.05) is 30.7 Å². The SMILES string of the molecule is O=CNC(Cc1ccccc1)C(=O)N1C/C(=C\c2ccc(Cl)c(Cl)c2)C(=O)/C(=C/c2ccc(Cl)c(Cl)c2)C1. The third-order valence-corrected chi connectivity index (χ3v) is 7.51. The number of carbonyl (C=O) groups is 3. The van der Waals surface area contributed by atoms with E-state index in [9.17, 15) is 14.4 Å². The van der Waals surface area contributed by atoms with E-state index in [4.69, 9.17) is 46.4 Å². The van der Waals surface area contributed by atoms with Crippen LogP contribution in [-0.4, -0.2) is 42.1 Å². The maximum absolute atomic E-state index is 13.7. The second-order valence-electron chi connectivity index (χ2n) is 8.74. The fourth-order valence-electron chi connectivity index (χ4n) is 4.17. The molecule has 0 aliphatic carbocycles. The summed E-state index contributed by atoms with van der Waals surface area (Å²) < 4.78 is 0. The van der Waals surface area contributed by atoms with Crippen molar-refractivity contribution in [3.05, 3.63) is 115 Å². The van der Waals surface area contributed by atoms with Crippen LogP contribution in [-0.2, 0) is 20.8 Å². The summed E-state index contributed by atoms with van der Waals surface area (Å²) in [6, 6.07) is 18.7. The number of hydrogen-bond donors (Lipinski definition) is 1. The zero-order valence-electron chi connectivity index (χ0n) is 20.0. The van der Waals surface area contributed by atoms with Gasteiger partial charge < -0.3 is 10.2 Å². The molecule has 1 heterocycles. The smallest absolute Gasteiger partial charge is 0.246 e. The zero-order chi connectivity index (χ0) is 27.2. The molecule has 1 N–H and O–H groups in total. The summed E-state index contributed by atoms with van der Waals surface area (Å²) in [6.07, 6.45) is 4.19. The lowest BCUT2D eigenvalue weighted by molar-refractivity contribution is -0.134. The molecule has 4 rings (SSSR count). The Balaban J connectivity index is 1.71. The van der Waals surface area contributed by atoms with Crippen LogP contribution in [0.15, 0.2) is 77.9 Å². The monoisotopic (exact) mass is 586 g/mol. The van der Waals surface area contributed by atoms with E-state index in [0.717, 1.165) is 5.56 Å². The Morgan fingerprint density at radius 2 is 1.34 bits per heavy atom. The third kappa shape index (κ3) is 6.86. The van der Waals surface area contributed by atoms with E-state index in [0.29, 0.717) is 55.2 Å². The fourth-order valence-corrected chi connectivity index (χ4v) is 4.78. The van der Waals surface area contributed by atoms with Crippen LogP contribution in [0.1, 0.15) is 16.7 Å². The quantitative estimate of drug-likeness (QED) is 0.252. The van der Waals surface area contributed by atoms with Crippen LogP contribution < -0.4 is 5.32 Å². The third-order valence-electron chi connectivity index (χ3n) is 6.04. The van der Waals surface area contributed by atoms with Gasteiger partial charge >= 0.3 is 0 Å². The average molecular weight is 588 g/mol. The minimum absolute atomic E-state index is 0.0580. The van der Waals surface area contributed by atoms with Crippen molar-refractivity contribution in [2.45, 2.75) is 12.5 Å². The van der Waals surface area contributed by atoms with Crippen LogP contribution >= 0.6 is 46.4 Å². The van der Waals surface area contributed by atoms with Gasteiger partial charge in [-0.1, -0.05) is 88.9 Å². The lowest BCUT2D eigenvalue weighted by atomic mass is 9.93. The highest BCUT2D eigenvalue weighted by Crippen LogP contribution is 2.28. The topological polar surface area (TPSA) is 66.5 Å². The second-order valence-corrected chi connectivity index (χ2v) is 10.4. The fraction of sp³-hybridized carbons (Fsp3) is 0.138. The molecule has 1 saturated heterocycles. The lowest BCUT2D eigenvalue weighted by Crippen LogP contribution is -2.51. The van der Waals surface area contributed by atoms with Crippen LogP contribution in [0.2, 0.25) is 20.1 Å². The van der Waals surface area contributed by atoms with Crippen LogP contribution in [0.5, 0.6) is 0 Å². The summed E-state index contributed by atoms with van der Waals surface area (Å²) in [6.45, 7) is 0.116. The van der Waals surface area contributed by atoms with Gasteiger partial charge in [-0.15, -0.1) is 0 Å². The first kappa shape index (κ1) is 27.9. The van der Waals surface area contributed by atoms with Crippen molar-refractivity contribution in [3.63, 3.8) is 0 Å². The van der Waals surface area contributed by atoms with Gasteiger partial charge in [0.15, 0.2) is 5.78 Å². The van der Waals surface area contributed by atoms with Gasteiger partial charge in [0.25, 0.3) is 0 Å². The number of hydrogen-bond acceptors (Lipinski definition) is 3. The Morgan fingerprint density at radius 3 is 1.82 bits per heavy atom. The number of benzene rings is 3. The lowest BCUT2D eigenvalue weighted by Gasteiger charge is -2.32. The largest absolute Gasteiger partial charge is 0.347 e. The minimum atomic E-state index is -0.805. The molecule has 0 saturated carbocycles. The van der Waals surface area contributed by atoms with Gasteiger partial charge in [0.2, 0.25) is 12.3 Å². The number of halogens is 4. The first-order chi connectivity index (χ1) is 18.2. The van der Waals surface area contributed by atoms with Crippen LogP contribution in [0.25, 0.3) is 12.2 Å². The molecule has 3 aromatic rings. The first-order valence-corrected chi connectivity index (χ1v) is 13.1. The van der Waals surface area contributed by atoms with Crippen molar-refractivity contribution < 1.29 is 14.4 Å². The Labute approximate surface area is 240 Å². The molecule has 1 fully saturated rings. The Hall–Kier alpha value is -3.09. The predicted octanol–water partition coefficient (Wildman–Crippen LogP) is 6.54. The summed E-state index contributed by atoms with van der Waals surface area (Å²) in [5, 5.41) is 4.12. The van der Waals surface area contributed by atoms with Gasteiger partial charge in [-0.25, -0.2) is 0 Å². The summed E-state index contributed by atoms with van der Waals surface area (Å²) in [4.78, 5) is 40.1. The molecule has 0 radical (unpaired) electrons. The molecule has 0 bridgehead atoms. The van der Waals surface area contributed by atoms with Gasteiger partial charge in [-0.05, 0) is 53.1 Å². The number of nitrogens with one attached hydrogen (secondary N) is 1. The zero-order valence-corrected chi connectivity index (χ0v) is 23.0. The molecular formula is C29H22Cl4N2O3. The number of Topliss-reactive ketones (excluding diaryl/α,β-unsaturated/α-hetero) is 1. The standard InChI is InChI=1S/C29H22Cl4N2O3/c30-23-8-6-19(12-25(23)32)10-21-15-35(29(38)27(34-17-36)14-18-4-2-1-3-5-18)16-22(28(21)37)11-20-7-9-24(31)26(33)13-20/h1-13,17,27H,14-16H2,(H,34,36)/b21-10+,22-11+. The Kier molecular flexibility index (Phi) is 9.29. The molecule has 38 heavy (non-hydrogen) atoms. The predicted molar refractivity (Wildman–Crippen MR) is 154 cm³/mol. The highest BCUT2D eigenvalue weighted by molar-refractivity contribution is 6.42. The van der Waals surface area contributed by atoms with Crippen LogP contribution in [0.4, 0.5) is 0 Å². The second kappa shape index (κ2) is 12.6. The van der Waals surface area contributed by atoms with E-state index in [-0.39, 0.29) is 24.8 Å². The maximum atomic E-state index is 13.7. The number of amides is 2. The normalized spacial score (nSPS) is 16.5. The molecule has 1 aliphatic heterocycles. The van der Waals surface area contributed by atoms with Gasteiger partial charge in [-0.3, -0.25) is 14.4 Å². The molecule has 9 heteroatoms. The number of nitrogens with zero attached hydrogens (tertiary/aromatic N) is 1. The van der Waals surface area contributed by atoms with Crippen LogP contribution in [0, 0.1) is 0 Å². The van der Waals surface area contributed by atoms with Crippen LogP contribution in [0.3, 0.4) is 0 Å². The van der Waals surface area contributed by atoms with E-state index in [1.807, 2.05) is 30.3 Å². The number of ketones is 1. The average Bonchev–Trinajstić information content (AvgIpc) is 2.90. The van der Waals surface area contributed by atoms with Crippen molar-refractivity contribution >= 4 is 76.7 Å². The molecule has 0 spiro atoms. The molecule has 1 atom stereocenters. The molecule has 3 aromatic carbocycles. The molecule has 0 aromatic heterocycles. The molecular weight excluding hydrogens is 566 g/mol. The first-order valence-electron chi connectivity index (χ1n) is 11.6. The van der Waals surface area contributed by atoms with E-state index in [1.54, 1.807) is 53.5 Å². The maximum Gasteiger partial charge on any atom is 0.246 e. The van der Waals surface area contributed by atoms with Gasteiger partial charge in [0.05, 0.1) is 20.1 Å². The number of piperidine rings is 1. The molecule has 5 nitrogen and oxygen atoms in total. The Bertz CT molecular complexity index is 1360.